The van der Waals surface area contributed by atoms with Gasteiger partial charge in [-0.3, -0.25) is 4.90 Å². The highest BCUT2D eigenvalue weighted by molar-refractivity contribution is 5.85. The van der Waals surface area contributed by atoms with Crippen molar-refractivity contribution >= 4 is 12.4 Å². The van der Waals surface area contributed by atoms with Gasteiger partial charge >= 0.3 is 0 Å². The number of piperazine rings is 1. The molecule has 1 aliphatic rings. The molecule has 0 saturated carbocycles. The van der Waals surface area contributed by atoms with Crippen LogP contribution in [0.15, 0.2) is 18.2 Å². The fourth-order valence-electron chi connectivity index (χ4n) is 2.89. The number of benzene rings is 1. The maximum Gasteiger partial charge on any atom is 0.165 e. The third-order valence-corrected chi connectivity index (χ3v) is 3.62. The van der Waals surface area contributed by atoms with E-state index in [1.165, 1.54) is 12.1 Å². The molecule has 1 atom stereocenters. The van der Waals surface area contributed by atoms with Crippen molar-refractivity contribution in [1.82, 2.24) is 10.2 Å². The van der Waals surface area contributed by atoms with Crippen LogP contribution in [-0.4, -0.2) is 36.2 Å². The normalized spacial score (nSPS) is 18.4. The predicted octanol–water partition coefficient (Wildman–Crippen LogP) is 2.95. The Kier molecular flexibility index (Phi) is 5.80. The van der Waals surface area contributed by atoms with Crippen LogP contribution in [0.25, 0.3) is 0 Å². The van der Waals surface area contributed by atoms with Gasteiger partial charge in [-0.25, -0.2) is 4.39 Å². The van der Waals surface area contributed by atoms with E-state index in [1.54, 1.807) is 0 Å². The van der Waals surface area contributed by atoms with E-state index < -0.39 is 5.82 Å². The van der Waals surface area contributed by atoms with Gasteiger partial charge < -0.3 is 10.4 Å². The monoisotopic (exact) mass is 302 g/mol. The van der Waals surface area contributed by atoms with Crippen LogP contribution in [-0.2, 0) is 0 Å². The standard InChI is InChI=1S/C15H23FN2O.ClH/c1-15(2,3)14(18-8-6-17-7-9-18)11-4-5-13(19)12(16)10-11;/h4-5,10,14,17,19H,6-9H2,1-3H3;1H/t14-;/m1./s1. The molecule has 1 aliphatic heterocycles. The zero-order valence-corrected chi connectivity index (χ0v) is 13.1. The highest BCUT2D eigenvalue weighted by Crippen LogP contribution is 2.39. The van der Waals surface area contributed by atoms with Crippen LogP contribution < -0.4 is 5.32 Å². The summed E-state index contributed by atoms with van der Waals surface area (Å²) in [5.41, 5.74) is 0.950. The lowest BCUT2D eigenvalue weighted by atomic mass is 9.81. The summed E-state index contributed by atoms with van der Waals surface area (Å²) in [7, 11) is 0. The van der Waals surface area contributed by atoms with Crippen LogP contribution >= 0.6 is 12.4 Å². The van der Waals surface area contributed by atoms with E-state index in [0.29, 0.717) is 0 Å². The maximum atomic E-state index is 13.6. The molecular weight excluding hydrogens is 279 g/mol. The van der Waals surface area contributed by atoms with Gasteiger partial charge in [-0.05, 0) is 23.1 Å². The third kappa shape index (κ3) is 3.84. The molecule has 0 aromatic heterocycles. The first-order valence-electron chi connectivity index (χ1n) is 6.83. The number of phenols is 1. The third-order valence-electron chi connectivity index (χ3n) is 3.62. The summed E-state index contributed by atoms with van der Waals surface area (Å²) < 4.78 is 13.6. The minimum Gasteiger partial charge on any atom is -0.505 e. The van der Waals surface area contributed by atoms with Crippen LogP contribution in [0.5, 0.6) is 5.75 Å². The lowest BCUT2D eigenvalue weighted by Crippen LogP contribution is -2.48. The van der Waals surface area contributed by atoms with E-state index in [2.05, 4.69) is 31.0 Å². The van der Waals surface area contributed by atoms with Gasteiger partial charge in [0.1, 0.15) is 0 Å². The number of halogens is 2. The topological polar surface area (TPSA) is 35.5 Å². The van der Waals surface area contributed by atoms with Crippen molar-refractivity contribution in [3.05, 3.63) is 29.6 Å². The van der Waals surface area contributed by atoms with E-state index in [1.807, 2.05) is 6.07 Å². The molecule has 3 nitrogen and oxygen atoms in total. The number of nitrogens with zero attached hydrogens (tertiary/aromatic N) is 1. The van der Waals surface area contributed by atoms with E-state index in [4.69, 9.17) is 0 Å². The van der Waals surface area contributed by atoms with Gasteiger partial charge in [-0.2, -0.15) is 0 Å². The van der Waals surface area contributed by atoms with E-state index >= 15 is 0 Å². The Morgan fingerprint density at radius 1 is 1.25 bits per heavy atom. The second-order valence-electron chi connectivity index (χ2n) is 6.27. The molecule has 0 unspecified atom stereocenters. The fourth-order valence-corrected chi connectivity index (χ4v) is 2.89. The average molecular weight is 303 g/mol. The zero-order chi connectivity index (χ0) is 14.0. The van der Waals surface area contributed by atoms with Crippen molar-refractivity contribution in [1.29, 1.82) is 0 Å². The Hall–Kier alpha value is -0.840. The lowest BCUT2D eigenvalue weighted by Gasteiger charge is -2.42. The fraction of sp³-hybridized carbons (Fsp3) is 0.600. The Bertz CT molecular complexity index is 442. The molecule has 1 aromatic rings. The lowest BCUT2D eigenvalue weighted by molar-refractivity contribution is 0.0859. The summed E-state index contributed by atoms with van der Waals surface area (Å²) in [4.78, 5) is 2.39. The van der Waals surface area contributed by atoms with Crippen LogP contribution in [0, 0.1) is 11.2 Å². The largest absolute Gasteiger partial charge is 0.505 e. The molecule has 0 aliphatic carbocycles. The number of hydrogen-bond donors (Lipinski definition) is 2. The molecule has 1 fully saturated rings. The van der Waals surface area contributed by atoms with Crippen LogP contribution in [0.2, 0.25) is 0 Å². The first-order chi connectivity index (χ1) is 8.89. The maximum absolute atomic E-state index is 13.6. The van der Waals surface area contributed by atoms with Gasteiger partial charge in [-0.15, -0.1) is 12.4 Å². The molecule has 1 saturated heterocycles. The molecule has 0 radical (unpaired) electrons. The molecule has 0 spiro atoms. The van der Waals surface area contributed by atoms with Crippen molar-refractivity contribution in [3.63, 3.8) is 0 Å². The van der Waals surface area contributed by atoms with E-state index in [-0.39, 0.29) is 29.6 Å². The molecular formula is C15H24ClFN2O. The Labute approximate surface area is 126 Å². The minimum absolute atomic E-state index is 0. The second kappa shape index (κ2) is 6.74. The van der Waals surface area contributed by atoms with E-state index in [9.17, 15) is 9.50 Å². The Morgan fingerprint density at radius 3 is 2.35 bits per heavy atom. The van der Waals surface area contributed by atoms with Crippen molar-refractivity contribution < 1.29 is 9.50 Å². The number of aromatic hydroxyl groups is 1. The number of hydrogen-bond acceptors (Lipinski definition) is 3. The zero-order valence-electron chi connectivity index (χ0n) is 12.3. The van der Waals surface area contributed by atoms with Crippen LogP contribution in [0.1, 0.15) is 32.4 Å². The number of nitrogens with one attached hydrogen (secondary N) is 1. The molecule has 1 heterocycles. The van der Waals surface area contributed by atoms with Crippen LogP contribution in [0.4, 0.5) is 4.39 Å². The molecule has 0 bridgehead atoms. The summed E-state index contributed by atoms with van der Waals surface area (Å²) in [6.07, 6.45) is 0. The van der Waals surface area contributed by atoms with Crippen LogP contribution in [0.3, 0.4) is 0 Å². The van der Waals surface area contributed by atoms with Gasteiger partial charge in [0.25, 0.3) is 0 Å². The minimum atomic E-state index is -0.540. The summed E-state index contributed by atoms with van der Waals surface area (Å²) >= 11 is 0. The van der Waals surface area contributed by atoms with Crippen molar-refractivity contribution in [2.75, 3.05) is 26.2 Å². The Balaban J connectivity index is 0.00000200. The number of phenolic OH excluding ortho intramolecular Hbond substituents is 1. The van der Waals surface area contributed by atoms with Gasteiger partial charge in [0, 0.05) is 32.2 Å². The first kappa shape index (κ1) is 17.2. The SMILES string of the molecule is CC(C)(C)[C@@H](c1ccc(O)c(F)c1)N1CCNCC1.Cl. The first-order valence-corrected chi connectivity index (χ1v) is 6.83. The summed E-state index contributed by atoms with van der Waals surface area (Å²) in [6.45, 7) is 10.4. The summed E-state index contributed by atoms with van der Waals surface area (Å²) in [5.74, 6) is -0.821. The quantitative estimate of drug-likeness (QED) is 0.882. The predicted molar refractivity (Wildman–Crippen MR) is 82.0 cm³/mol. The van der Waals surface area contributed by atoms with Gasteiger partial charge in [0.2, 0.25) is 0 Å². The molecule has 2 N–H and O–H groups in total. The second-order valence-corrected chi connectivity index (χ2v) is 6.27. The average Bonchev–Trinajstić information content (AvgIpc) is 2.34. The number of rotatable bonds is 2. The van der Waals surface area contributed by atoms with Gasteiger partial charge in [-0.1, -0.05) is 26.8 Å². The molecule has 2 rings (SSSR count). The highest BCUT2D eigenvalue weighted by atomic mass is 35.5. The highest BCUT2D eigenvalue weighted by Gasteiger charge is 2.32. The van der Waals surface area contributed by atoms with Gasteiger partial charge in [0.15, 0.2) is 11.6 Å². The summed E-state index contributed by atoms with van der Waals surface area (Å²) in [5, 5.41) is 12.7. The smallest absolute Gasteiger partial charge is 0.165 e. The molecule has 20 heavy (non-hydrogen) atoms. The van der Waals surface area contributed by atoms with Gasteiger partial charge in [0.05, 0.1) is 0 Å². The molecule has 1 aromatic carbocycles. The Morgan fingerprint density at radius 2 is 1.85 bits per heavy atom. The van der Waals surface area contributed by atoms with Crippen molar-refractivity contribution in [2.45, 2.75) is 26.8 Å². The molecule has 5 heteroatoms. The van der Waals surface area contributed by atoms with Crippen molar-refractivity contribution in [3.8, 4) is 5.75 Å². The van der Waals surface area contributed by atoms with Crippen molar-refractivity contribution in [2.24, 2.45) is 5.41 Å². The summed E-state index contributed by atoms with van der Waals surface area (Å²) in [6, 6.07) is 4.90. The molecule has 0 amide bonds. The van der Waals surface area contributed by atoms with E-state index in [0.717, 1.165) is 31.7 Å². The molecule has 114 valence electrons.